The third kappa shape index (κ3) is 6.34. The molecule has 0 aliphatic carbocycles. The van der Waals surface area contributed by atoms with E-state index in [2.05, 4.69) is 58.6 Å². The molecular weight excluding hydrogens is 469 g/mol. The molecule has 1 fully saturated rings. The predicted octanol–water partition coefficient (Wildman–Crippen LogP) is 4.49. The van der Waals surface area contributed by atoms with Crippen molar-refractivity contribution in [2.24, 2.45) is 4.99 Å². The second-order valence-electron chi connectivity index (χ2n) is 6.70. The minimum atomic E-state index is 0. The molecule has 2 heterocycles. The third-order valence-electron chi connectivity index (χ3n) is 4.60. The molecule has 5 nitrogen and oxygen atoms in total. The van der Waals surface area contributed by atoms with Crippen LogP contribution in [0.4, 0.5) is 5.69 Å². The van der Waals surface area contributed by atoms with Crippen LogP contribution in [0.5, 0.6) is 0 Å². The van der Waals surface area contributed by atoms with Crippen molar-refractivity contribution >= 4 is 47.0 Å². The van der Waals surface area contributed by atoms with Crippen LogP contribution in [0.2, 0.25) is 0 Å². The summed E-state index contributed by atoms with van der Waals surface area (Å²) >= 11 is 1.70. The van der Waals surface area contributed by atoms with E-state index >= 15 is 0 Å². The number of hydrogen-bond acceptors (Lipinski definition) is 4. The molecule has 1 atom stereocenters. The molecule has 0 saturated carbocycles. The van der Waals surface area contributed by atoms with E-state index in [-0.39, 0.29) is 30.0 Å². The highest BCUT2D eigenvalue weighted by atomic mass is 127. The number of aliphatic imine (C=N–C) groups is 1. The topological polar surface area (TPSA) is 52.6 Å². The summed E-state index contributed by atoms with van der Waals surface area (Å²) in [6, 6.07) is 9.06. The molecule has 1 aliphatic heterocycles. The lowest BCUT2D eigenvalue weighted by atomic mass is 10.1. The van der Waals surface area contributed by atoms with Crippen molar-refractivity contribution in [3.8, 4) is 0 Å². The normalized spacial score (nSPS) is 15.4. The molecule has 3 rings (SSSR count). The van der Waals surface area contributed by atoms with E-state index in [1.54, 1.807) is 11.3 Å². The quantitative estimate of drug-likeness (QED) is 0.350. The summed E-state index contributed by atoms with van der Waals surface area (Å²) in [5.74, 6) is 0.845. The van der Waals surface area contributed by atoms with Crippen LogP contribution in [0.25, 0.3) is 0 Å². The third-order valence-corrected chi connectivity index (χ3v) is 5.50. The number of anilines is 1. The molecule has 27 heavy (non-hydrogen) atoms. The maximum Gasteiger partial charge on any atom is 0.192 e. The molecule has 0 radical (unpaired) electrons. The largest absolute Gasteiger partial charge is 0.372 e. The molecule has 7 heteroatoms. The molecule has 0 spiro atoms. The highest BCUT2D eigenvalue weighted by Gasteiger charge is 2.14. The van der Waals surface area contributed by atoms with E-state index in [0.717, 1.165) is 17.5 Å². The Kier molecular flexibility index (Phi) is 8.82. The van der Waals surface area contributed by atoms with Gasteiger partial charge in [-0.15, -0.1) is 35.3 Å². The first-order chi connectivity index (χ1) is 12.7. The Hall–Kier alpha value is -1.35. The van der Waals surface area contributed by atoms with Gasteiger partial charge >= 0.3 is 0 Å². The van der Waals surface area contributed by atoms with Gasteiger partial charge in [0, 0.05) is 36.4 Å². The van der Waals surface area contributed by atoms with E-state index in [1.807, 2.05) is 13.1 Å². The van der Waals surface area contributed by atoms with Crippen molar-refractivity contribution in [2.75, 3.05) is 24.5 Å². The van der Waals surface area contributed by atoms with Gasteiger partial charge in [-0.05, 0) is 51.3 Å². The smallest absolute Gasteiger partial charge is 0.192 e. The zero-order valence-corrected chi connectivity index (χ0v) is 19.5. The van der Waals surface area contributed by atoms with Crippen LogP contribution in [0.1, 0.15) is 48.2 Å². The maximum absolute atomic E-state index is 4.72. The average molecular weight is 499 g/mol. The minimum absolute atomic E-state index is 0. The summed E-state index contributed by atoms with van der Waals surface area (Å²) in [5.41, 5.74) is 2.62. The molecule has 2 N–H and O–H groups in total. The highest BCUT2D eigenvalue weighted by Crippen LogP contribution is 2.24. The number of aryl methyl sites for hydroxylation is 1. The van der Waals surface area contributed by atoms with Crippen LogP contribution in [-0.4, -0.2) is 30.6 Å². The summed E-state index contributed by atoms with van der Waals surface area (Å²) < 4.78 is 0. The van der Waals surface area contributed by atoms with Crippen LogP contribution in [0.3, 0.4) is 0 Å². The molecule has 0 amide bonds. The molecule has 2 aromatic rings. The Morgan fingerprint density at radius 1 is 1.33 bits per heavy atom. The molecule has 0 bridgehead atoms. The Morgan fingerprint density at radius 3 is 2.78 bits per heavy atom. The summed E-state index contributed by atoms with van der Waals surface area (Å²) in [6.45, 7) is 10.1. The van der Waals surface area contributed by atoms with Crippen molar-refractivity contribution in [1.82, 2.24) is 15.6 Å². The van der Waals surface area contributed by atoms with Crippen molar-refractivity contribution in [3.05, 3.63) is 45.9 Å². The van der Waals surface area contributed by atoms with Gasteiger partial charge < -0.3 is 15.5 Å². The van der Waals surface area contributed by atoms with Crippen LogP contribution >= 0.6 is 35.3 Å². The number of nitrogens with zero attached hydrogens (tertiary/aromatic N) is 3. The Bertz CT molecular complexity index is 739. The zero-order chi connectivity index (χ0) is 18.4. The summed E-state index contributed by atoms with van der Waals surface area (Å²) in [5, 5.41) is 7.96. The van der Waals surface area contributed by atoms with E-state index < -0.39 is 0 Å². The number of nitrogens with one attached hydrogen (secondary N) is 2. The summed E-state index contributed by atoms with van der Waals surface area (Å²) in [4.78, 5) is 12.7. The molecular formula is C20H30IN5S. The lowest BCUT2D eigenvalue weighted by Gasteiger charge is -2.22. The lowest BCUT2D eigenvalue weighted by molar-refractivity contribution is 0.686. The first-order valence-electron chi connectivity index (χ1n) is 9.46. The van der Waals surface area contributed by atoms with Crippen LogP contribution < -0.4 is 15.5 Å². The maximum atomic E-state index is 4.72. The van der Waals surface area contributed by atoms with Gasteiger partial charge in [-0.3, -0.25) is 0 Å². The number of halogens is 1. The van der Waals surface area contributed by atoms with Gasteiger partial charge in [0.15, 0.2) is 5.96 Å². The fourth-order valence-corrected chi connectivity index (χ4v) is 3.93. The van der Waals surface area contributed by atoms with Crippen LogP contribution in [-0.2, 0) is 6.54 Å². The molecule has 148 valence electrons. The second-order valence-corrected chi connectivity index (χ2v) is 8.02. The van der Waals surface area contributed by atoms with Gasteiger partial charge in [0.2, 0.25) is 0 Å². The van der Waals surface area contributed by atoms with E-state index in [1.165, 1.54) is 42.1 Å². The predicted molar refractivity (Wildman–Crippen MR) is 127 cm³/mol. The Balaban J connectivity index is 0.00000261. The number of rotatable bonds is 6. The Morgan fingerprint density at radius 2 is 2.11 bits per heavy atom. The fourth-order valence-electron chi connectivity index (χ4n) is 3.21. The Labute approximate surface area is 183 Å². The summed E-state index contributed by atoms with van der Waals surface area (Å²) in [6.07, 6.45) is 4.51. The molecule has 1 saturated heterocycles. The molecule has 1 aromatic carbocycles. The van der Waals surface area contributed by atoms with Gasteiger partial charge in [-0.25, -0.2) is 9.98 Å². The number of guanidine groups is 1. The van der Waals surface area contributed by atoms with E-state index in [0.29, 0.717) is 6.54 Å². The second kappa shape index (κ2) is 10.8. The van der Waals surface area contributed by atoms with E-state index in [9.17, 15) is 0 Å². The SMILES string of the molecule is CCNC(=NCc1cnc(C)s1)NC(C)c1cccc(N2CCCC2)c1.I. The number of aromatic nitrogens is 1. The van der Waals surface area contributed by atoms with Gasteiger partial charge in [0.05, 0.1) is 17.6 Å². The van der Waals surface area contributed by atoms with Crippen LogP contribution in [0.15, 0.2) is 35.5 Å². The number of hydrogen-bond donors (Lipinski definition) is 2. The minimum Gasteiger partial charge on any atom is -0.372 e. The molecule has 1 aliphatic rings. The average Bonchev–Trinajstić information content (AvgIpc) is 3.32. The molecule has 1 unspecified atom stereocenters. The van der Waals surface area contributed by atoms with Crippen molar-refractivity contribution in [1.29, 1.82) is 0 Å². The number of benzene rings is 1. The first kappa shape index (κ1) is 21.9. The van der Waals surface area contributed by atoms with Crippen molar-refractivity contribution in [3.63, 3.8) is 0 Å². The number of thiazole rings is 1. The van der Waals surface area contributed by atoms with Gasteiger partial charge in [0.25, 0.3) is 0 Å². The van der Waals surface area contributed by atoms with Gasteiger partial charge in [-0.1, -0.05) is 12.1 Å². The van der Waals surface area contributed by atoms with Gasteiger partial charge in [-0.2, -0.15) is 0 Å². The van der Waals surface area contributed by atoms with Crippen LogP contribution in [0, 0.1) is 6.92 Å². The first-order valence-corrected chi connectivity index (χ1v) is 10.3. The molecule has 1 aromatic heterocycles. The summed E-state index contributed by atoms with van der Waals surface area (Å²) in [7, 11) is 0. The van der Waals surface area contributed by atoms with Gasteiger partial charge in [0.1, 0.15) is 0 Å². The lowest BCUT2D eigenvalue weighted by Crippen LogP contribution is -2.38. The highest BCUT2D eigenvalue weighted by molar-refractivity contribution is 14.0. The van der Waals surface area contributed by atoms with E-state index in [4.69, 9.17) is 4.99 Å². The standard InChI is InChI=1S/C20H29N5S.HI/c1-4-21-20(23-14-19-13-22-16(3)26-19)24-15(2)17-8-7-9-18(12-17)25-10-5-6-11-25;/h7-9,12-13,15H,4-6,10-11,14H2,1-3H3,(H2,21,23,24);1H. The zero-order valence-electron chi connectivity index (χ0n) is 16.4. The fraction of sp³-hybridized carbons (Fsp3) is 0.500. The monoisotopic (exact) mass is 499 g/mol. The van der Waals surface area contributed by atoms with Crippen molar-refractivity contribution in [2.45, 2.75) is 46.2 Å². The van der Waals surface area contributed by atoms with Crippen molar-refractivity contribution < 1.29 is 0 Å².